The van der Waals surface area contributed by atoms with Crippen molar-refractivity contribution in [3.8, 4) is 0 Å². The van der Waals surface area contributed by atoms with Gasteiger partial charge >= 0.3 is 5.91 Å². The molecular formula is C25H16ClN5O5S2. The summed E-state index contributed by atoms with van der Waals surface area (Å²) in [6.07, 6.45) is 2.89. The van der Waals surface area contributed by atoms with Gasteiger partial charge in [0, 0.05) is 40.9 Å². The van der Waals surface area contributed by atoms with Gasteiger partial charge in [0.2, 0.25) is 5.13 Å². The SMILES string of the molecule is O=C1C(=O)N(c2nnc(SCc3ccccc3Cl)s2)C(c2ccc([N+](=O)[O-])cc2)/C1=C(\O)c1ccncc1. The van der Waals surface area contributed by atoms with E-state index in [1.807, 2.05) is 18.2 Å². The highest BCUT2D eigenvalue weighted by Crippen LogP contribution is 2.44. The lowest BCUT2D eigenvalue weighted by Crippen LogP contribution is -2.29. The van der Waals surface area contributed by atoms with Crippen LogP contribution in [0.2, 0.25) is 5.02 Å². The average Bonchev–Trinajstić information content (AvgIpc) is 3.50. The van der Waals surface area contributed by atoms with Gasteiger partial charge in [-0.1, -0.05) is 52.9 Å². The molecule has 1 aliphatic heterocycles. The fourth-order valence-corrected chi connectivity index (χ4v) is 6.06. The molecule has 1 amide bonds. The Bertz CT molecular complexity index is 1580. The molecule has 0 aliphatic carbocycles. The van der Waals surface area contributed by atoms with Crippen LogP contribution in [-0.4, -0.2) is 36.9 Å². The zero-order chi connectivity index (χ0) is 26.8. The molecule has 1 atom stereocenters. The Kier molecular flexibility index (Phi) is 7.18. The van der Waals surface area contributed by atoms with Gasteiger partial charge in [-0.2, -0.15) is 0 Å². The third kappa shape index (κ3) is 4.88. The Morgan fingerprint density at radius 2 is 1.79 bits per heavy atom. The van der Waals surface area contributed by atoms with E-state index in [4.69, 9.17) is 11.6 Å². The molecule has 4 aromatic rings. The molecule has 13 heteroatoms. The molecule has 10 nitrogen and oxygen atoms in total. The molecule has 3 heterocycles. The lowest BCUT2D eigenvalue weighted by atomic mass is 9.95. The maximum Gasteiger partial charge on any atom is 0.301 e. The lowest BCUT2D eigenvalue weighted by molar-refractivity contribution is -0.384. The second-order valence-corrected chi connectivity index (χ2v) is 10.6. The summed E-state index contributed by atoms with van der Waals surface area (Å²) < 4.78 is 0.540. The highest BCUT2D eigenvalue weighted by molar-refractivity contribution is 8.00. The topological polar surface area (TPSA) is 139 Å². The second-order valence-electron chi connectivity index (χ2n) is 7.98. The maximum atomic E-state index is 13.3. The first-order valence-electron chi connectivity index (χ1n) is 11.0. The first kappa shape index (κ1) is 25.5. The largest absolute Gasteiger partial charge is 0.507 e. The van der Waals surface area contributed by atoms with Gasteiger partial charge in [-0.15, -0.1) is 10.2 Å². The number of non-ortho nitro benzene ring substituents is 1. The predicted molar refractivity (Wildman–Crippen MR) is 143 cm³/mol. The molecule has 0 spiro atoms. The van der Waals surface area contributed by atoms with E-state index >= 15 is 0 Å². The number of Topliss-reactive ketones (excluding diaryl/α,β-unsaturated/α-hetero) is 1. The minimum atomic E-state index is -1.08. The number of nitrogens with zero attached hydrogens (tertiary/aromatic N) is 5. The van der Waals surface area contributed by atoms with Crippen LogP contribution in [0.4, 0.5) is 10.8 Å². The summed E-state index contributed by atoms with van der Waals surface area (Å²) in [7, 11) is 0. The average molecular weight is 566 g/mol. The van der Waals surface area contributed by atoms with Crippen LogP contribution >= 0.6 is 34.7 Å². The van der Waals surface area contributed by atoms with E-state index in [0.29, 0.717) is 20.7 Å². The van der Waals surface area contributed by atoms with E-state index in [9.17, 15) is 24.8 Å². The quantitative estimate of drug-likeness (QED) is 0.0592. The number of thioether (sulfide) groups is 1. The van der Waals surface area contributed by atoms with Gasteiger partial charge < -0.3 is 5.11 Å². The van der Waals surface area contributed by atoms with Crippen molar-refractivity contribution in [2.24, 2.45) is 0 Å². The van der Waals surface area contributed by atoms with E-state index < -0.39 is 28.4 Å². The zero-order valence-electron chi connectivity index (χ0n) is 19.2. The minimum Gasteiger partial charge on any atom is -0.507 e. The fourth-order valence-electron chi connectivity index (χ4n) is 3.90. The number of benzene rings is 2. The van der Waals surface area contributed by atoms with E-state index in [1.54, 1.807) is 6.07 Å². The molecule has 1 saturated heterocycles. The molecule has 1 fully saturated rings. The Labute approximate surface area is 228 Å². The smallest absolute Gasteiger partial charge is 0.301 e. The molecule has 0 radical (unpaired) electrons. The van der Waals surface area contributed by atoms with Crippen molar-refractivity contribution in [3.05, 3.63) is 110 Å². The van der Waals surface area contributed by atoms with Crippen LogP contribution in [0.5, 0.6) is 0 Å². The van der Waals surface area contributed by atoms with Crippen molar-refractivity contribution in [2.45, 2.75) is 16.1 Å². The number of rotatable bonds is 7. The molecule has 0 saturated carbocycles. The molecule has 1 N–H and O–H groups in total. The van der Waals surface area contributed by atoms with Crippen molar-refractivity contribution < 1.29 is 19.6 Å². The number of nitro groups is 1. The Hall–Kier alpha value is -4.13. The van der Waals surface area contributed by atoms with E-state index in [-0.39, 0.29) is 22.0 Å². The number of nitro benzene ring substituents is 1. The first-order chi connectivity index (χ1) is 18.3. The van der Waals surface area contributed by atoms with E-state index in [1.165, 1.54) is 60.6 Å². The second kappa shape index (κ2) is 10.7. The minimum absolute atomic E-state index is 0.144. The zero-order valence-corrected chi connectivity index (χ0v) is 21.6. The number of hydrogen-bond donors (Lipinski definition) is 1. The summed E-state index contributed by atoms with van der Waals surface area (Å²) in [6, 6.07) is 14.7. The number of anilines is 1. The number of aliphatic hydroxyl groups excluding tert-OH is 1. The summed E-state index contributed by atoms with van der Waals surface area (Å²) in [6.45, 7) is 0. The third-order valence-corrected chi connectivity index (χ3v) is 8.20. The van der Waals surface area contributed by atoms with Gasteiger partial charge in [0.25, 0.3) is 11.5 Å². The first-order valence-corrected chi connectivity index (χ1v) is 13.2. The van der Waals surface area contributed by atoms with Gasteiger partial charge in [-0.05, 0) is 41.5 Å². The number of ketones is 1. The van der Waals surface area contributed by atoms with Crippen molar-refractivity contribution in [2.75, 3.05) is 4.90 Å². The normalized spacial score (nSPS) is 16.7. The van der Waals surface area contributed by atoms with Crippen molar-refractivity contribution >= 4 is 63.0 Å². The monoisotopic (exact) mass is 565 g/mol. The van der Waals surface area contributed by atoms with Crippen molar-refractivity contribution in [1.29, 1.82) is 0 Å². The summed E-state index contributed by atoms with van der Waals surface area (Å²) in [5, 5.41) is 31.3. The standard InChI is InChI=1S/C25H16ClN5O5S2/c26-18-4-2-1-3-16(18)13-37-25-29-28-24(38-25)30-20(14-5-7-17(8-6-14)31(35)36)19(22(33)23(30)34)21(32)15-9-11-27-12-10-15/h1-12,20,32H,13H2/b21-19+. The number of halogens is 1. The van der Waals surface area contributed by atoms with Gasteiger partial charge in [-0.3, -0.25) is 29.6 Å². The number of amides is 1. The molecule has 2 aromatic heterocycles. The van der Waals surface area contributed by atoms with Crippen LogP contribution in [0.15, 0.2) is 83.0 Å². The number of carbonyl (C=O) groups excluding carboxylic acids is 2. The van der Waals surface area contributed by atoms with Crippen LogP contribution in [0.1, 0.15) is 22.7 Å². The van der Waals surface area contributed by atoms with Crippen LogP contribution in [0.3, 0.4) is 0 Å². The van der Waals surface area contributed by atoms with E-state index in [0.717, 1.165) is 21.8 Å². The summed E-state index contributed by atoms with van der Waals surface area (Å²) in [5.41, 5.74) is 1.24. The molecule has 0 bridgehead atoms. The fraction of sp³-hybridized carbons (Fsp3) is 0.0800. The van der Waals surface area contributed by atoms with Gasteiger partial charge in [0.15, 0.2) is 4.34 Å². The van der Waals surface area contributed by atoms with Gasteiger partial charge in [0.05, 0.1) is 16.5 Å². The number of aromatic nitrogens is 3. The molecule has 190 valence electrons. The number of carbonyl (C=O) groups is 2. The molecule has 1 aliphatic rings. The van der Waals surface area contributed by atoms with Crippen LogP contribution in [0, 0.1) is 10.1 Å². The Balaban J connectivity index is 1.55. The maximum absolute atomic E-state index is 13.3. The molecule has 5 rings (SSSR count). The van der Waals surface area contributed by atoms with E-state index in [2.05, 4.69) is 15.2 Å². The number of hydrogen-bond acceptors (Lipinski definition) is 10. The Morgan fingerprint density at radius 3 is 2.47 bits per heavy atom. The van der Waals surface area contributed by atoms with Gasteiger partial charge in [0.1, 0.15) is 5.76 Å². The van der Waals surface area contributed by atoms with Crippen molar-refractivity contribution in [3.63, 3.8) is 0 Å². The van der Waals surface area contributed by atoms with Gasteiger partial charge in [-0.25, -0.2) is 0 Å². The molecule has 38 heavy (non-hydrogen) atoms. The molecule has 1 unspecified atom stereocenters. The molecular weight excluding hydrogens is 550 g/mol. The van der Waals surface area contributed by atoms with Crippen LogP contribution < -0.4 is 4.90 Å². The lowest BCUT2D eigenvalue weighted by Gasteiger charge is -2.22. The Morgan fingerprint density at radius 1 is 1.08 bits per heavy atom. The van der Waals surface area contributed by atoms with Crippen LogP contribution in [-0.2, 0) is 15.3 Å². The number of aliphatic hydroxyl groups is 1. The van der Waals surface area contributed by atoms with Crippen molar-refractivity contribution in [1.82, 2.24) is 15.2 Å². The molecule has 2 aromatic carbocycles. The third-order valence-electron chi connectivity index (χ3n) is 5.73. The highest BCUT2D eigenvalue weighted by atomic mass is 35.5. The number of pyridine rings is 1. The van der Waals surface area contributed by atoms with Crippen LogP contribution in [0.25, 0.3) is 5.76 Å². The highest BCUT2D eigenvalue weighted by Gasteiger charge is 2.48. The summed E-state index contributed by atoms with van der Waals surface area (Å²) in [5.74, 6) is -1.69. The summed E-state index contributed by atoms with van der Waals surface area (Å²) in [4.78, 5) is 42.2. The summed E-state index contributed by atoms with van der Waals surface area (Å²) >= 11 is 8.71. The predicted octanol–water partition coefficient (Wildman–Crippen LogP) is 5.41.